The Balaban J connectivity index is 2.94. The molecule has 0 aliphatic rings. The number of hydrogen-bond acceptors (Lipinski definition) is 2. The van der Waals surface area contributed by atoms with Crippen molar-refractivity contribution in [1.29, 1.82) is 0 Å². The van der Waals surface area contributed by atoms with E-state index in [9.17, 15) is 31.1 Å². The van der Waals surface area contributed by atoms with Crippen LogP contribution in [0.25, 0.3) is 0 Å². The van der Waals surface area contributed by atoms with Gasteiger partial charge in [-0.05, 0) is 17.7 Å². The van der Waals surface area contributed by atoms with Crippen molar-refractivity contribution in [2.45, 2.75) is 18.6 Å². The van der Waals surface area contributed by atoms with Crippen LogP contribution in [-0.4, -0.2) is 32.3 Å². The monoisotopic (exact) mass is 330 g/mol. The highest BCUT2D eigenvalue weighted by atomic mass is 19.4. The summed E-state index contributed by atoms with van der Waals surface area (Å²) in [5.41, 5.74) is -0.599. The quantitative estimate of drug-likeness (QED) is 0.816. The molecule has 124 valence electrons. The van der Waals surface area contributed by atoms with Crippen LogP contribution in [0, 0.1) is 5.82 Å². The van der Waals surface area contributed by atoms with Crippen LogP contribution in [0.2, 0.25) is 0 Å². The van der Waals surface area contributed by atoms with Crippen LogP contribution in [0.3, 0.4) is 0 Å². The number of rotatable bonds is 5. The summed E-state index contributed by atoms with van der Waals surface area (Å²) in [6.45, 7) is -1.10. The van der Waals surface area contributed by atoms with Crippen molar-refractivity contribution >= 4 is 6.03 Å². The fraction of sp³-hybridized carbons (Fsp3) is 0.417. The number of hydrogen-bond donors (Lipinski definition) is 2. The molecule has 1 atom stereocenters. The van der Waals surface area contributed by atoms with Crippen LogP contribution in [0.15, 0.2) is 18.2 Å². The standard InChI is InChI=1S/C12H12F6N2O2/c1-22-8-3-2-6(4-7(8)13)10(12(16,17)18)20-11(21)19-5-9(14)15/h2-4,9-10H,5H2,1H3,(H2,19,20,21)/t10-/m1/s1. The van der Waals surface area contributed by atoms with Crippen molar-refractivity contribution in [2.75, 3.05) is 13.7 Å². The van der Waals surface area contributed by atoms with E-state index in [1.165, 1.54) is 5.32 Å². The van der Waals surface area contributed by atoms with Gasteiger partial charge in [0, 0.05) is 0 Å². The van der Waals surface area contributed by atoms with E-state index in [-0.39, 0.29) is 5.75 Å². The number of carbonyl (C=O) groups is 1. The molecule has 0 aliphatic heterocycles. The van der Waals surface area contributed by atoms with Crippen LogP contribution in [0.4, 0.5) is 31.1 Å². The molecule has 0 heterocycles. The van der Waals surface area contributed by atoms with E-state index in [2.05, 4.69) is 4.74 Å². The van der Waals surface area contributed by atoms with Crippen LogP contribution in [-0.2, 0) is 0 Å². The molecule has 0 spiro atoms. The van der Waals surface area contributed by atoms with Gasteiger partial charge in [0.1, 0.15) is 0 Å². The highest BCUT2D eigenvalue weighted by Crippen LogP contribution is 2.34. The van der Waals surface area contributed by atoms with Gasteiger partial charge in [0.25, 0.3) is 6.43 Å². The van der Waals surface area contributed by atoms with Crippen LogP contribution >= 0.6 is 0 Å². The second-order valence-corrected chi connectivity index (χ2v) is 4.11. The molecule has 0 aromatic heterocycles. The maximum Gasteiger partial charge on any atom is 0.412 e. The lowest BCUT2D eigenvalue weighted by Crippen LogP contribution is -2.44. The molecule has 1 aromatic rings. The molecule has 0 unspecified atom stereocenters. The minimum Gasteiger partial charge on any atom is -0.494 e. The van der Waals surface area contributed by atoms with E-state index < -0.39 is 42.6 Å². The molecule has 2 N–H and O–H groups in total. The van der Waals surface area contributed by atoms with Gasteiger partial charge < -0.3 is 15.4 Å². The van der Waals surface area contributed by atoms with Gasteiger partial charge >= 0.3 is 12.2 Å². The van der Waals surface area contributed by atoms with E-state index in [0.717, 1.165) is 19.2 Å². The first kappa shape index (κ1) is 17.9. The number of methoxy groups -OCH3 is 1. The second kappa shape index (κ2) is 7.23. The normalized spacial score (nSPS) is 12.9. The molecule has 0 aliphatic carbocycles. The highest BCUT2D eigenvalue weighted by molar-refractivity contribution is 5.74. The van der Waals surface area contributed by atoms with Crippen LogP contribution in [0.5, 0.6) is 5.75 Å². The fourth-order valence-electron chi connectivity index (χ4n) is 1.57. The smallest absolute Gasteiger partial charge is 0.412 e. The Morgan fingerprint density at radius 1 is 1.32 bits per heavy atom. The Labute approximate surface area is 121 Å². The van der Waals surface area contributed by atoms with Gasteiger partial charge in [0.2, 0.25) is 0 Å². The Hall–Kier alpha value is -2.13. The lowest BCUT2D eigenvalue weighted by Gasteiger charge is -2.22. The number of nitrogens with one attached hydrogen (secondary N) is 2. The number of alkyl halides is 5. The first-order valence-electron chi connectivity index (χ1n) is 5.87. The van der Waals surface area contributed by atoms with Crippen molar-refractivity contribution in [3.05, 3.63) is 29.6 Å². The zero-order chi connectivity index (χ0) is 16.9. The number of halogens is 6. The summed E-state index contributed by atoms with van der Waals surface area (Å²) < 4.78 is 80.6. The molecule has 4 nitrogen and oxygen atoms in total. The topological polar surface area (TPSA) is 50.4 Å². The molecular formula is C12H12F6N2O2. The Morgan fingerprint density at radius 3 is 2.41 bits per heavy atom. The molecule has 0 saturated heterocycles. The number of carbonyl (C=O) groups excluding carboxylic acids is 1. The summed E-state index contributed by atoms with van der Waals surface area (Å²) in [5.74, 6) is -1.32. The van der Waals surface area contributed by atoms with Gasteiger partial charge in [-0.3, -0.25) is 0 Å². The maximum absolute atomic E-state index is 13.5. The minimum absolute atomic E-state index is 0.271. The van der Waals surface area contributed by atoms with E-state index in [4.69, 9.17) is 0 Å². The number of benzene rings is 1. The average Bonchev–Trinajstić information content (AvgIpc) is 2.41. The molecular weight excluding hydrogens is 318 g/mol. The SMILES string of the molecule is COc1ccc([C@@H](NC(=O)NCC(F)F)C(F)(F)F)cc1F. The predicted octanol–water partition coefficient (Wildman–Crippen LogP) is 3.00. The molecule has 1 aromatic carbocycles. The van der Waals surface area contributed by atoms with E-state index in [1.807, 2.05) is 0 Å². The Kier molecular flexibility index (Phi) is 5.89. The molecule has 0 radical (unpaired) electrons. The highest BCUT2D eigenvalue weighted by Gasteiger charge is 2.42. The number of ether oxygens (including phenoxy) is 1. The van der Waals surface area contributed by atoms with Gasteiger partial charge in [-0.15, -0.1) is 0 Å². The first-order valence-corrected chi connectivity index (χ1v) is 5.87. The summed E-state index contributed by atoms with van der Waals surface area (Å²) in [6, 6.07) is -1.58. The zero-order valence-corrected chi connectivity index (χ0v) is 11.2. The summed E-state index contributed by atoms with van der Waals surface area (Å²) in [6.07, 6.45) is -7.85. The third-order valence-corrected chi connectivity index (χ3v) is 2.53. The minimum atomic E-state index is -4.94. The third kappa shape index (κ3) is 5.01. The summed E-state index contributed by atoms with van der Waals surface area (Å²) in [5, 5.41) is 3.05. The van der Waals surface area contributed by atoms with Crippen molar-refractivity contribution in [3.63, 3.8) is 0 Å². The summed E-state index contributed by atoms with van der Waals surface area (Å²) in [7, 11) is 1.13. The van der Waals surface area contributed by atoms with Crippen molar-refractivity contribution in [1.82, 2.24) is 10.6 Å². The van der Waals surface area contributed by atoms with Gasteiger partial charge in [-0.2, -0.15) is 13.2 Å². The molecule has 0 fully saturated rings. The van der Waals surface area contributed by atoms with Gasteiger partial charge in [0.05, 0.1) is 13.7 Å². The lowest BCUT2D eigenvalue weighted by atomic mass is 10.1. The second-order valence-electron chi connectivity index (χ2n) is 4.11. The van der Waals surface area contributed by atoms with Gasteiger partial charge in [-0.1, -0.05) is 6.07 Å². The Morgan fingerprint density at radius 2 is 1.95 bits per heavy atom. The van der Waals surface area contributed by atoms with E-state index in [0.29, 0.717) is 6.07 Å². The summed E-state index contributed by atoms with van der Waals surface area (Å²) in [4.78, 5) is 11.2. The fourth-order valence-corrected chi connectivity index (χ4v) is 1.57. The lowest BCUT2D eigenvalue weighted by molar-refractivity contribution is -0.155. The molecule has 10 heteroatoms. The average molecular weight is 330 g/mol. The maximum atomic E-state index is 13.5. The van der Waals surface area contributed by atoms with Crippen molar-refractivity contribution < 1.29 is 35.9 Å². The Bertz CT molecular complexity index is 521. The van der Waals surface area contributed by atoms with Crippen molar-refractivity contribution in [3.8, 4) is 5.75 Å². The first-order chi connectivity index (χ1) is 10.1. The number of amides is 2. The molecule has 0 bridgehead atoms. The molecule has 22 heavy (non-hydrogen) atoms. The summed E-state index contributed by atoms with van der Waals surface area (Å²) >= 11 is 0. The van der Waals surface area contributed by atoms with Crippen LogP contribution in [0.1, 0.15) is 11.6 Å². The predicted molar refractivity (Wildman–Crippen MR) is 64.3 cm³/mol. The molecule has 2 amide bonds. The van der Waals surface area contributed by atoms with Gasteiger partial charge in [0.15, 0.2) is 17.6 Å². The third-order valence-electron chi connectivity index (χ3n) is 2.53. The van der Waals surface area contributed by atoms with Crippen LogP contribution < -0.4 is 15.4 Å². The van der Waals surface area contributed by atoms with E-state index in [1.54, 1.807) is 5.32 Å². The number of urea groups is 1. The molecule has 1 rings (SSSR count). The zero-order valence-electron chi connectivity index (χ0n) is 11.2. The van der Waals surface area contributed by atoms with Gasteiger partial charge in [-0.25, -0.2) is 18.0 Å². The molecule has 0 saturated carbocycles. The largest absolute Gasteiger partial charge is 0.494 e. The van der Waals surface area contributed by atoms with E-state index >= 15 is 0 Å². The van der Waals surface area contributed by atoms with Crippen molar-refractivity contribution in [2.24, 2.45) is 0 Å².